The van der Waals surface area contributed by atoms with Crippen LogP contribution in [0.2, 0.25) is 0 Å². The number of aromatic nitrogens is 4. The van der Waals surface area contributed by atoms with E-state index in [4.69, 9.17) is 4.98 Å². The molecule has 2 aromatic rings. The molecule has 19 heavy (non-hydrogen) atoms. The molecule has 100 valence electrons. The minimum absolute atomic E-state index is 0.788. The molecule has 0 amide bonds. The number of nitrogens with zero attached hydrogens (tertiary/aromatic N) is 4. The minimum Gasteiger partial charge on any atom is -0.373 e. The smallest absolute Gasteiger partial charge is 0.180 e. The third-order valence-electron chi connectivity index (χ3n) is 3.55. The van der Waals surface area contributed by atoms with Crippen molar-refractivity contribution in [3.63, 3.8) is 0 Å². The molecule has 1 aliphatic rings. The van der Waals surface area contributed by atoms with E-state index < -0.39 is 0 Å². The zero-order valence-corrected chi connectivity index (χ0v) is 11.5. The standard InChI is InChI=1S/C14H19N5/c1-3-9-19-12(7-8-16-19)14-17-11-6-4-5-10(11)13(15-2)18-14/h7-8H,3-6,9H2,1-2H3,(H,15,17,18). The van der Waals surface area contributed by atoms with Gasteiger partial charge >= 0.3 is 0 Å². The van der Waals surface area contributed by atoms with Gasteiger partial charge in [0, 0.05) is 31.0 Å². The van der Waals surface area contributed by atoms with Gasteiger partial charge in [-0.1, -0.05) is 6.92 Å². The fourth-order valence-corrected chi connectivity index (χ4v) is 2.67. The Morgan fingerprint density at radius 2 is 2.21 bits per heavy atom. The zero-order chi connectivity index (χ0) is 13.2. The average Bonchev–Trinajstić information content (AvgIpc) is 3.06. The summed E-state index contributed by atoms with van der Waals surface area (Å²) >= 11 is 0. The Bertz CT molecular complexity index is 588. The van der Waals surface area contributed by atoms with E-state index in [1.165, 1.54) is 17.7 Å². The van der Waals surface area contributed by atoms with Gasteiger partial charge < -0.3 is 5.32 Å². The predicted octanol–water partition coefficient (Wildman–Crippen LogP) is 2.28. The maximum absolute atomic E-state index is 4.74. The Kier molecular flexibility index (Phi) is 3.19. The summed E-state index contributed by atoms with van der Waals surface area (Å²) in [7, 11) is 1.92. The van der Waals surface area contributed by atoms with Gasteiger partial charge in [0.2, 0.25) is 0 Å². The molecule has 1 N–H and O–H groups in total. The second kappa shape index (κ2) is 4.99. The molecule has 0 saturated heterocycles. The second-order valence-corrected chi connectivity index (χ2v) is 4.86. The predicted molar refractivity (Wildman–Crippen MR) is 75.1 cm³/mol. The zero-order valence-electron chi connectivity index (χ0n) is 11.5. The molecule has 5 nitrogen and oxygen atoms in total. The molecule has 0 unspecified atom stereocenters. The largest absolute Gasteiger partial charge is 0.373 e. The Hall–Kier alpha value is -1.91. The number of anilines is 1. The SMILES string of the molecule is CCCn1nccc1-c1nc2c(c(NC)n1)CCC2. The van der Waals surface area contributed by atoms with Gasteiger partial charge in [0.15, 0.2) is 5.82 Å². The Morgan fingerprint density at radius 1 is 1.32 bits per heavy atom. The van der Waals surface area contributed by atoms with Gasteiger partial charge in [-0.15, -0.1) is 0 Å². The topological polar surface area (TPSA) is 55.6 Å². The molecular formula is C14H19N5. The van der Waals surface area contributed by atoms with Crippen molar-refractivity contribution in [1.29, 1.82) is 0 Å². The van der Waals surface area contributed by atoms with Gasteiger partial charge in [0.1, 0.15) is 11.5 Å². The molecule has 0 aliphatic heterocycles. The highest BCUT2D eigenvalue weighted by molar-refractivity contribution is 5.57. The summed E-state index contributed by atoms with van der Waals surface area (Å²) in [5.41, 5.74) is 3.49. The lowest BCUT2D eigenvalue weighted by Gasteiger charge is -2.10. The van der Waals surface area contributed by atoms with Gasteiger partial charge in [-0.2, -0.15) is 5.10 Å². The molecule has 2 heterocycles. The summed E-state index contributed by atoms with van der Waals surface area (Å²) < 4.78 is 1.98. The first-order valence-electron chi connectivity index (χ1n) is 6.93. The van der Waals surface area contributed by atoms with Crippen molar-refractivity contribution in [1.82, 2.24) is 19.7 Å². The highest BCUT2D eigenvalue weighted by atomic mass is 15.3. The fraction of sp³-hybridized carbons (Fsp3) is 0.500. The van der Waals surface area contributed by atoms with Crippen LogP contribution in [-0.2, 0) is 19.4 Å². The lowest BCUT2D eigenvalue weighted by atomic mass is 10.2. The molecule has 0 atom stereocenters. The van der Waals surface area contributed by atoms with Crippen LogP contribution < -0.4 is 5.32 Å². The van der Waals surface area contributed by atoms with Crippen LogP contribution in [0, 0.1) is 0 Å². The lowest BCUT2D eigenvalue weighted by Crippen LogP contribution is -2.07. The first kappa shape index (κ1) is 12.1. The molecule has 0 saturated carbocycles. The van der Waals surface area contributed by atoms with E-state index in [-0.39, 0.29) is 0 Å². The van der Waals surface area contributed by atoms with E-state index in [1.807, 2.05) is 24.0 Å². The third-order valence-corrected chi connectivity index (χ3v) is 3.55. The number of hydrogen-bond donors (Lipinski definition) is 1. The monoisotopic (exact) mass is 257 g/mol. The molecule has 0 aromatic carbocycles. The van der Waals surface area contributed by atoms with Crippen LogP contribution >= 0.6 is 0 Å². The summed E-state index contributed by atoms with van der Waals surface area (Å²) in [4.78, 5) is 9.40. The van der Waals surface area contributed by atoms with E-state index in [0.717, 1.165) is 43.1 Å². The van der Waals surface area contributed by atoms with Crippen LogP contribution in [0.4, 0.5) is 5.82 Å². The van der Waals surface area contributed by atoms with Crippen molar-refractivity contribution in [3.05, 3.63) is 23.5 Å². The molecule has 0 radical (unpaired) electrons. The second-order valence-electron chi connectivity index (χ2n) is 4.86. The molecule has 0 spiro atoms. The van der Waals surface area contributed by atoms with Crippen molar-refractivity contribution >= 4 is 5.82 Å². The molecule has 1 aliphatic carbocycles. The van der Waals surface area contributed by atoms with Gasteiger partial charge in [-0.05, 0) is 31.7 Å². The number of aryl methyl sites for hydroxylation is 2. The van der Waals surface area contributed by atoms with Gasteiger partial charge in [0.05, 0.1) is 0 Å². The van der Waals surface area contributed by atoms with Crippen molar-refractivity contribution in [3.8, 4) is 11.5 Å². The van der Waals surface area contributed by atoms with Gasteiger partial charge in [-0.25, -0.2) is 9.97 Å². The Morgan fingerprint density at radius 3 is 3.00 bits per heavy atom. The van der Waals surface area contributed by atoms with Crippen molar-refractivity contribution in [2.45, 2.75) is 39.2 Å². The number of nitrogens with one attached hydrogen (secondary N) is 1. The molecule has 5 heteroatoms. The van der Waals surface area contributed by atoms with Gasteiger partial charge in [-0.3, -0.25) is 4.68 Å². The first-order chi connectivity index (χ1) is 9.33. The molecule has 0 bridgehead atoms. The van der Waals surface area contributed by atoms with Crippen LogP contribution in [0.25, 0.3) is 11.5 Å². The maximum Gasteiger partial charge on any atom is 0.180 e. The van der Waals surface area contributed by atoms with Gasteiger partial charge in [0.25, 0.3) is 0 Å². The molecule has 3 rings (SSSR count). The highest BCUT2D eigenvalue weighted by Gasteiger charge is 2.20. The fourth-order valence-electron chi connectivity index (χ4n) is 2.67. The normalized spacial score (nSPS) is 13.6. The quantitative estimate of drug-likeness (QED) is 0.913. The van der Waals surface area contributed by atoms with Crippen molar-refractivity contribution in [2.24, 2.45) is 0 Å². The van der Waals surface area contributed by atoms with E-state index in [9.17, 15) is 0 Å². The number of rotatable bonds is 4. The highest BCUT2D eigenvalue weighted by Crippen LogP contribution is 2.28. The molecule has 2 aromatic heterocycles. The minimum atomic E-state index is 0.788. The van der Waals surface area contributed by atoms with Crippen LogP contribution in [0.15, 0.2) is 12.3 Å². The number of hydrogen-bond acceptors (Lipinski definition) is 4. The lowest BCUT2D eigenvalue weighted by molar-refractivity contribution is 0.606. The van der Waals surface area contributed by atoms with E-state index in [0.29, 0.717) is 0 Å². The van der Waals surface area contributed by atoms with Crippen LogP contribution in [0.1, 0.15) is 31.0 Å². The van der Waals surface area contributed by atoms with E-state index in [2.05, 4.69) is 22.3 Å². The molecular weight excluding hydrogens is 238 g/mol. The summed E-state index contributed by atoms with van der Waals surface area (Å²) in [6, 6.07) is 1.99. The maximum atomic E-state index is 4.74. The van der Waals surface area contributed by atoms with Crippen LogP contribution in [0.3, 0.4) is 0 Å². The summed E-state index contributed by atoms with van der Waals surface area (Å²) in [5, 5.41) is 7.55. The third kappa shape index (κ3) is 2.09. The van der Waals surface area contributed by atoms with E-state index in [1.54, 1.807) is 0 Å². The first-order valence-corrected chi connectivity index (χ1v) is 6.93. The van der Waals surface area contributed by atoms with Crippen LogP contribution in [0.5, 0.6) is 0 Å². The summed E-state index contributed by atoms with van der Waals surface area (Å²) in [6.07, 6.45) is 6.19. The average molecular weight is 257 g/mol. The summed E-state index contributed by atoms with van der Waals surface area (Å²) in [6.45, 7) is 3.05. The van der Waals surface area contributed by atoms with Crippen molar-refractivity contribution < 1.29 is 0 Å². The Balaban J connectivity index is 2.08. The van der Waals surface area contributed by atoms with E-state index >= 15 is 0 Å². The molecule has 0 fully saturated rings. The Labute approximate surface area is 113 Å². The van der Waals surface area contributed by atoms with Crippen LogP contribution in [-0.4, -0.2) is 26.8 Å². The summed E-state index contributed by atoms with van der Waals surface area (Å²) in [5.74, 6) is 1.76. The number of fused-ring (bicyclic) bond motifs is 1. The van der Waals surface area contributed by atoms with Crippen molar-refractivity contribution in [2.75, 3.05) is 12.4 Å².